The summed E-state index contributed by atoms with van der Waals surface area (Å²) < 4.78 is 72.4. The van der Waals surface area contributed by atoms with E-state index in [-0.39, 0.29) is 92.5 Å². The molecular weight excluding hydrogens is 1180 g/mol. The quantitative estimate of drug-likeness (QED) is 0.0172. The van der Waals surface area contributed by atoms with Gasteiger partial charge in [0.15, 0.2) is 11.6 Å². The van der Waals surface area contributed by atoms with Gasteiger partial charge >= 0.3 is 0 Å². The number of ether oxygens (including phenoxy) is 2. The standard InChI is InChI=1S/2C27H36N6O8S.CH4.ClH/c2*1-4-6-23-22(17-28-35)18(3)25-27(34)29-26(30-32(23)25)21-16-20(7-8-24(21)40-14-5-2)42(38,39)31-12-9-19(10-13-31)11-15-41-33(36)37;;/h2*7-8,16-17,19,35H,4-6,9-15H2,1-3H3,(H,29,30,34);1H4;1H/b28-17+;28-17-;;. The number of benzene rings is 2. The third-order valence-corrected chi connectivity index (χ3v) is 18.7. The van der Waals surface area contributed by atoms with Gasteiger partial charge in [0, 0.05) is 37.3 Å². The molecule has 6 heterocycles. The lowest BCUT2D eigenvalue weighted by atomic mass is 9.95. The van der Waals surface area contributed by atoms with Crippen molar-refractivity contribution >= 4 is 55.9 Å². The maximum Gasteiger partial charge on any atom is 0.294 e. The molecule has 472 valence electrons. The lowest BCUT2D eigenvalue weighted by molar-refractivity contribution is -0.758. The Labute approximate surface area is 503 Å². The summed E-state index contributed by atoms with van der Waals surface area (Å²) in [7, 11) is -7.80. The molecule has 0 bridgehead atoms. The fourth-order valence-electron chi connectivity index (χ4n) is 10.6. The van der Waals surface area contributed by atoms with E-state index in [9.17, 15) is 57.1 Å². The molecule has 4 aromatic heterocycles. The highest BCUT2D eigenvalue weighted by Gasteiger charge is 2.33. The van der Waals surface area contributed by atoms with Gasteiger partial charge in [-0.25, -0.2) is 25.9 Å². The molecule has 0 unspecified atom stereocenters. The van der Waals surface area contributed by atoms with Crippen LogP contribution in [0.4, 0.5) is 0 Å². The summed E-state index contributed by atoms with van der Waals surface area (Å²) in [5.41, 5.74) is 4.23. The minimum atomic E-state index is -3.90. The van der Waals surface area contributed by atoms with E-state index in [0.717, 1.165) is 12.8 Å². The molecule has 0 radical (unpaired) electrons. The number of aryl methyl sites for hydroxylation is 4. The minimum Gasteiger partial charge on any atom is -0.493 e. The number of nitrogens with one attached hydrogen (secondary N) is 2. The monoisotopic (exact) mass is 1260 g/mol. The fourth-order valence-corrected chi connectivity index (χ4v) is 13.6. The van der Waals surface area contributed by atoms with Gasteiger partial charge in [0.05, 0.1) is 71.2 Å². The molecular formula is C55H77ClN12O16S2. The smallest absolute Gasteiger partial charge is 0.294 e. The first-order valence-electron chi connectivity index (χ1n) is 28.0. The maximum absolute atomic E-state index is 13.7. The Bertz CT molecular complexity index is 3500. The Balaban J connectivity index is 0.000000307. The number of nitrogens with zero attached hydrogens (tertiary/aromatic N) is 10. The molecule has 2 aliphatic rings. The summed E-state index contributed by atoms with van der Waals surface area (Å²) in [5, 5.41) is 53.4. The van der Waals surface area contributed by atoms with E-state index in [1.807, 2.05) is 27.7 Å². The van der Waals surface area contributed by atoms with Crippen molar-refractivity contribution in [3.63, 3.8) is 0 Å². The number of sulfonamides is 2. The third kappa shape index (κ3) is 15.7. The molecule has 0 spiro atoms. The van der Waals surface area contributed by atoms with Crippen LogP contribution in [-0.4, -0.2) is 140 Å². The lowest BCUT2D eigenvalue weighted by Crippen LogP contribution is -2.38. The first kappa shape index (κ1) is 69.1. The van der Waals surface area contributed by atoms with Gasteiger partial charge in [-0.1, -0.05) is 58.3 Å². The molecule has 6 aromatic rings. The number of halogens is 1. The molecule has 0 aliphatic carbocycles. The van der Waals surface area contributed by atoms with Crippen LogP contribution in [0.3, 0.4) is 0 Å². The van der Waals surface area contributed by atoms with Crippen LogP contribution in [0.25, 0.3) is 33.8 Å². The van der Waals surface area contributed by atoms with Crippen LogP contribution in [0, 0.1) is 45.9 Å². The summed E-state index contributed by atoms with van der Waals surface area (Å²) in [5.74, 6) is 1.28. The van der Waals surface area contributed by atoms with E-state index >= 15 is 0 Å². The van der Waals surface area contributed by atoms with Crippen LogP contribution in [0.2, 0.25) is 0 Å². The molecule has 2 fully saturated rings. The summed E-state index contributed by atoms with van der Waals surface area (Å²) in [4.78, 5) is 62.0. The largest absolute Gasteiger partial charge is 0.493 e. The average molecular weight is 1260 g/mol. The average Bonchev–Trinajstić information content (AvgIpc) is 1.72. The fraction of sp³-hybridized carbons (Fsp3) is 0.527. The van der Waals surface area contributed by atoms with Crippen molar-refractivity contribution in [2.24, 2.45) is 22.1 Å². The van der Waals surface area contributed by atoms with Gasteiger partial charge in [0.1, 0.15) is 22.5 Å². The zero-order chi connectivity index (χ0) is 60.9. The molecule has 28 nitrogen and oxygen atoms in total. The Morgan fingerprint density at radius 2 is 0.988 bits per heavy atom. The van der Waals surface area contributed by atoms with Gasteiger partial charge in [-0.2, -0.15) is 8.61 Å². The Hall–Kier alpha value is -7.67. The Kier molecular flexibility index (Phi) is 25.0. The SMILES string of the molecule is C.CCCOc1ccc(S(=O)(=O)N2CCC(CCO[N+](=O)[O-])CC2)cc1-c1nn2c(CCC)c(/C=N/O)c(C)c2c(=O)[nH]1.CCCOc1ccc(S(=O)(=O)N2CCC(CCO[N+](=O)[O-])CC2)cc1-c1nn2c(CCC)c(/C=N\O)c(C)c2c(=O)[nH]1.Cl. The molecule has 31 heteroatoms. The summed E-state index contributed by atoms with van der Waals surface area (Å²) in [6.45, 7) is 13.2. The molecule has 0 amide bonds. The third-order valence-electron chi connectivity index (χ3n) is 14.9. The zero-order valence-electron chi connectivity index (χ0n) is 48.2. The van der Waals surface area contributed by atoms with E-state index in [1.54, 1.807) is 26.0 Å². The number of aromatic amines is 2. The van der Waals surface area contributed by atoms with Gasteiger partial charge in [-0.15, -0.1) is 42.8 Å². The predicted molar refractivity (Wildman–Crippen MR) is 322 cm³/mol. The second kappa shape index (κ2) is 31.1. The number of H-pyrrole nitrogens is 2. The van der Waals surface area contributed by atoms with E-state index in [2.05, 4.69) is 30.0 Å². The predicted octanol–water partition coefficient (Wildman–Crippen LogP) is 8.15. The van der Waals surface area contributed by atoms with Crippen LogP contribution in [-0.2, 0) is 42.6 Å². The van der Waals surface area contributed by atoms with Crippen molar-refractivity contribution in [2.75, 3.05) is 52.6 Å². The maximum atomic E-state index is 13.7. The highest BCUT2D eigenvalue weighted by molar-refractivity contribution is 7.89. The molecule has 8 rings (SSSR count). The van der Waals surface area contributed by atoms with E-state index in [0.29, 0.717) is 145 Å². The molecule has 2 saturated heterocycles. The van der Waals surface area contributed by atoms with E-state index < -0.39 is 41.3 Å². The number of hydrogen-bond acceptors (Lipinski definition) is 20. The van der Waals surface area contributed by atoms with E-state index in [4.69, 9.17) is 19.7 Å². The van der Waals surface area contributed by atoms with Crippen LogP contribution in [0.1, 0.15) is 133 Å². The van der Waals surface area contributed by atoms with Crippen molar-refractivity contribution in [1.82, 2.24) is 37.8 Å². The van der Waals surface area contributed by atoms with Crippen LogP contribution in [0.5, 0.6) is 11.5 Å². The summed E-state index contributed by atoms with van der Waals surface area (Å²) in [6.07, 6.45) is 9.82. The molecule has 0 atom stereocenters. The molecule has 2 aliphatic heterocycles. The molecule has 2 aromatic carbocycles. The van der Waals surface area contributed by atoms with Gasteiger partial charge < -0.3 is 39.5 Å². The number of aromatic nitrogens is 6. The van der Waals surface area contributed by atoms with Crippen molar-refractivity contribution in [3.05, 3.63) is 111 Å². The Morgan fingerprint density at radius 1 is 0.628 bits per heavy atom. The summed E-state index contributed by atoms with van der Waals surface area (Å²) in [6, 6.07) is 9.04. The molecule has 86 heavy (non-hydrogen) atoms. The Morgan fingerprint density at radius 3 is 1.30 bits per heavy atom. The molecule has 0 saturated carbocycles. The van der Waals surface area contributed by atoms with Crippen LogP contribution < -0.4 is 20.6 Å². The number of rotatable bonds is 26. The second-order valence-electron chi connectivity index (χ2n) is 20.5. The van der Waals surface area contributed by atoms with Crippen molar-refractivity contribution in [3.8, 4) is 34.3 Å². The zero-order valence-corrected chi connectivity index (χ0v) is 50.7. The van der Waals surface area contributed by atoms with Gasteiger partial charge in [-0.05, 0) is 137 Å². The second-order valence-corrected chi connectivity index (χ2v) is 24.4. The highest BCUT2D eigenvalue weighted by Crippen LogP contribution is 2.36. The first-order chi connectivity index (χ1) is 40.2. The van der Waals surface area contributed by atoms with Crippen LogP contribution in [0.15, 0.2) is 66.1 Å². The van der Waals surface area contributed by atoms with Crippen molar-refractivity contribution in [2.45, 2.75) is 136 Å². The number of oxime groups is 2. The normalized spacial score (nSPS) is 14.7. The summed E-state index contributed by atoms with van der Waals surface area (Å²) >= 11 is 0. The highest BCUT2D eigenvalue weighted by atomic mass is 35.5. The topological polar surface area (TPSA) is 363 Å². The van der Waals surface area contributed by atoms with Gasteiger partial charge in [-0.3, -0.25) is 9.59 Å². The number of piperidine rings is 2. The van der Waals surface area contributed by atoms with Crippen molar-refractivity contribution < 1.29 is 56.6 Å². The van der Waals surface area contributed by atoms with Crippen molar-refractivity contribution in [1.29, 1.82) is 0 Å². The number of fused-ring (bicyclic) bond motifs is 2. The van der Waals surface area contributed by atoms with E-state index in [1.165, 1.54) is 54.3 Å². The van der Waals surface area contributed by atoms with Gasteiger partial charge in [0.25, 0.3) is 21.3 Å². The lowest BCUT2D eigenvalue weighted by Gasteiger charge is -2.31. The first-order valence-corrected chi connectivity index (χ1v) is 30.8. The van der Waals surface area contributed by atoms with Crippen LogP contribution >= 0.6 is 12.4 Å². The van der Waals surface area contributed by atoms with Gasteiger partial charge in [0.2, 0.25) is 20.0 Å². The number of hydrogen-bond donors (Lipinski definition) is 4. The molecule has 4 N–H and O–H groups in total. The minimum absolute atomic E-state index is 0.